The van der Waals surface area contributed by atoms with Crippen LogP contribution in [-0.2, 0) is 6.54 Å². The zero-order valence-electron chi connectivity index (χ0n) is 10.3. The van der Waals surface area contributed by atoms with Crippen LogP contribution in [-0.4, -0.2) is 18.1 Å². The maximum atomic E-state index is 5.40. The first kappa shape index (κ1) is 11.4. The van der Waals surface area contributed by atoms with Crippen molar-refractivity contribution in [3.05, 3.63) is 23.0 Å². The van der Waals surface area contributed by atoms with Gasteiger partial charge in [-0.1, -0.05) is 6.42 Å². The Labute approximate surface area is 97.2 Å². The molecule has 0 unspecified atom stereocenters. The highest BCUT2D eigenvalue weighted by Crippen LogP contribution is 2.24. The average Bonchev–Trinajstić information content (AvgIpc) is 2.20. The van der Waals surface area contributed by atoms with Crippen LogP contribution < -0.4 is 10.1 Å². The molecule has 1 saturated carbocycles. The molecule has 1 aliphatic rings. The van der Waals surface area contributed by atoms with Crippen molar-refractivity contribution in [3.8, 4) is 5.75 Å². The van der Waals surface area contributed by atoms with Gasteiger partial charge in [-0.25, -0.2) is 0 Å². The van der Waals surface area contributed by atoms with Crippen LogP contribution in [0.25, 0.3) is 0 Å². The maximum Gasteiger partial charge on any atom is 0.128 e. The van der Waals surface area contributed by atoms with Crippen molar-refractivity contribution in [2.24, 2.45) is 0 Å². The second-order valence-electron chi connectivity index (χ2n) is 4.55. The summed E-state index contributed by atoms with van der Waals surface area (Å²) in [5, 5.41) is 3.53. The van der Waals surface area contributed by atoms with Crippen LogP contribution in [0.5, 0.6) is 5.75 Å². The number of hydrogen-bond donors (Lipinski definition) is 1. The van der Waals surface area contributed by atoms with Crippen molar-refractivity contribution in [3.63, 3.8) is 0 Å². The summed E-state index contributed by atoms with van der Waals surface area (Å²) in [6, 6.07) is 0.702. The van der Waals surface area contributed by atoms with E-state index in [0.29, 0.717) is 6.04 Å². The topological polar surface area (TPSA) is 34.1 Å². The lowest BCUT2D eigenvalue weighted by Gasteiger charge is -2.26. The quantitative estimate of drug-likeness (QED) is 0.845. The van der Waals surface area contributed by atoms with Crippen molar-refractivity contribution >= 4 is 0 Å². The fraction of sp³-hybridized carbons (Fsp3) is 0.615. The molecule has 88 valence electrons. The van der Waals surface area contributed by atoms with E-state index in [9.17, 15) is 0 Å². The predicted molar refractivity (Wildman–Crippen MR) is 64.7 cm³/mol. The third kappa shape index (κ3) is 2.19. The number of aryl methyl sites for hydroxylation is 1. The monoisotopic (exact) mass is 220 g/mol. The van der Waals surface area contributed by atoms with E-state index in [1.807, 2.05) is 13.1 Å². The largest absolute Gasteiger partial charge is 0.496 e. The minimum Gasteiger partial charge on any atom is -0.496 e. The molecule has 1 N–H and O–H groups in total. The number of nitrogens with one attached hydrogen (secondary N) is 1. The van der Waals surface area contributed by atoms with Crippen molar-refractivity contribution in [1.82, 2.24) is 10.3 Å². The minimum atomic E-state index is 0.702. The molecule has 1 aliphatic carbocycles. The van der Waals surface area contributed by atoms with Gasteiger partial charge < -0.3 is 10.1 Å². The van der Waals surface area contributed by atoms with Gasteiger partial charge in [-0.15, -0.1) is 0 Å². The Morgan fingerprint density at radius 3 is 2.75 bits per heavy atom. The third-order valence-corrected chi connectivity index (χ3v) is 3.41. The van der Waals surface area contributed by atoms with Crippen LogP contribution in [0.4, 0.5) is 0 Å². The van der Waals surface area contributed by atoms with Crippen LogP contribution in [0.2, 0.25) is 0 Å². The molecule has 0 aromatic carbocycles. The first-order chi connectivity index (χ1) is 7.72. The SMILES string of the molecule is COc1c(C)cnc(CNC2CCC2)c1C. The number of rotatable bonds is 4. The molecule has 0 amide bonds. The summed E-state index contributed by atoms with van der Waals surface area (Å²) in [5.41, 5.74) is 3.37. The molecule has 0 saturated heterocycles. The Hall–Kier alpha value is -1.09. The average molecular weight is 220 g/mol. The van der Waals surface area contributed by atoms with E-state index in [1.54, 1.807) is 7.11 Å². The van der Waals surface area contributed by atoms with Gasteiger partial charge in [0.1, 0.15) is 5.75 Å². The molecule has 0 atom stereocenters. The highest BCUT2D eigenvalue weighted by Gasteiger charge is 2.17. The van der Waals surface area contributed by atoms with Gasteiger partial charge in [0.2, 0.25) is 0 Å². The summed E-state index contributed by atoms with van der Waals surface area (Å²) in [4.78, 5) is 4.47. The number of methoxy groups -OCH3 is 1. The molecule has 16 heavy (non-hydrogen) atoms. The van der Waals surface area contributed by atoms with Crippen LogP contribution in [0, 0.1) is 13.8 Å². The molecular formula is C13H20N2O. The number of ether oxygens (including phenoxy) is 1. The lowest BCUT2D eigenvalue weighted by atomic mass is 9.93. The number of pyridine rings is 1. The highest BCUT2D eigenvalue weighted by atomic mass is 16.5. The molecule has 3 nitrogen and oxygen atoms in total. The van der Waals surface area contributed by atoms with Crippen molar-refractivity contribution in [2.75, 3.05) is 7.11 Å². The van der Waals surface area contributed by atoms with E-state index in [2.05, 4.69) is 17.2 Å². The minimum absolute atomic E-state index is 0.702. The van der Waals surface area contributed by atoms with E-state index in [0.717, 1.165) is 29.1 Å². The zero-order valence-corrected chi connectivity index (χ0v) is 10.3. The fourth-order valence-electron chi connectivity index (χ4n) is 2.10. The van der Waals surface area contributed by atoms with Crippen LogP contribution in [0.3, 0.4) is 0 Å². The lowest BCUT2D eigenvalue weighted by Crippen LogP contribution is -2.34. The van der Waals surface area contributed by atoms with Crippen LogP contribution in [0.1, 0.15) is 36.1 Å². The summed E-state index contributed by atoms with van der Waals surface area (Å²) in [6.07, 6.45) is 5.87. The highest BCUT2D eigenvalue weighted by molar-refractivity contribution is 5.40. The summed E-state index contributed by atoms with van der Waals surface area (Å²) >= 11 is 0. The molecule has 1 fully saturated rings. The molecule has 3 heteroatoms. The zero-order chi connectivity index (χ0) is 11.5. The van der Waals surface area contributed by atoms with Gasteiger partial charge in [-0.3, -0.25) is 4.98 Å². The smallest absolute Gasteiger partial charge is 0.128 e. The van der Waals surface area contributed by atoms with Gasteiger partial charge in [0.05, 0.1) is 12.8 Å². The summed E-state index contributed by atoms with van der Waals surface area (Å²) < 4.78 is 5.40. The van der Waals surface area contributed by atoms with E-state index in [4.69, 9.17) is 4.74 Å². The van der Waals surface area contributed by atoms with E-state index < -0.39 is 0 Å². The first-order valence-corrected chi connectivity index (χ1v) is 5.95. The van der Waals surface area contributed by atoms with Crippen LogP contribution in [0.15, 0.2) is 6.20 Å². The number of hydrogen-bond acceptors (Lipinski definition) is 3. The summed E-state index contributed by atoms with van der Waals surface area (Å²) in [5.74, 6) is 0.973. The standard InChI is InChI=1S/C13H20N2O/c1-9-7-15-12(10(2)13(9)16-3)8-14-11-5-4-6-11/h7,11,14H,4-6,8H2,1-3H3. The Balaban J connectivity index is 2.07. The molecule has 0 radical (unpaired) electrons. The third-order valence-electron chi connectivity index (χ3n) is 3.41. The Morgan fingerprint density at radius 2 is 2.19 bits per heavy atom. The van der Waals surface area contributed by atoms with Crippen LogP contribution >= 0.6 is 0 Å². The van der Waals surface area contributed by atoms with Crippen molar-refractivity contribution in [1.29, 1.82) is 0 Å². The number of nitrogens with zero attached hydrogens (tertiary/aromatic N) is 1. The lowest BCUT2D eigenvalue weighted by molar-refractivity contribution is 0.336. The summed E-state index contributed by atoms with van der Waals surface area (Å²) in [6.45, 7) is 4.96. The second kappa shape index (κ2) is 4.83. The first-order valence-electron chi connectivity index (χ1n) is 5.95. The Bertz CT molecular complexity index is 372. The second-order valence-corrected chi connectivity index (χ2v) is 4.55. The molecule has 1 aromatic heterocycles. The normalized spacial score (nSPS) is 15.9. The molecule has 0 spiro atoms. The molecule has 1 heterocycles. The van der Waals surface area contributed by atoms with Gasteiger partial charge >= 0.3 is 0 Å². The molecule has 1 aromatic rings. The molecule has 0 aliphatic heterocycles. The fourth-order valence-corrected chi connectivity index (χ4v) is 2.10. The summed E-state index contributed by atoms with van der Waals surface area (Å²) in [7, 11) is 1.72. The molecule has 0 bridgehead atoms. The Kier molecular flexibility index (Phi) is 3.44. The molecule has 2 rings (SSSR count). The Morgan fingerprint density at radius 1 is 1.44 bits per heavy atom. The maximum absolute atomic E-state index is 5.40. The van der Waals surface area contributed by atoms with Gasteiger partial charge in [0, 0.05) is 29.9 Å². The van der Waals surface area contributed by atoms with E-state index in [-0.39, 0.29) is 0 Å². The van der Waals surface area contributed by atoms with E-state index in [1.165, 1.54) is 19.3 Å². The van der Waals surface area contributed by atoms with Crippen molar-refractivity contribution in [2.45, 2.75) is 45.7 Å². The van der Waals surface area contributed by atoms with Gasteiger partial charge in [0.15, 0.2) is 0 Å². The molecular weight excluding hydrogens is 200 g/mol. The van der Waals surface area contributed by atoms with E-state index >= 15 is 0 Å². The van der Waals surface area contributed by atoms with Gasteiger partial charge in [0.25, 0.3) is 0 Å². The van der Waals surface area contributed by atoms with Gasteiger partial charge in [-0.05, 0) is 26.7 Å². The van der Waals surface area contributed by atoms with Gasteiger partial charge in [-0.2, -0.15) is 0 Å². The predicted octanol–water partition coefficient (Wildman–Crippen LogP) is 2.35. The number of aromatic nitrogens is 1. The van der Waals surface area contributed by atoms with Crippen molar-refractivity contribution < 1.29 is 4.74 Å².